The molecule has 7 heteroatoms. The van der Waals surface area contributed by atoms with Gasteiger partial charge in [0.15, 0.2) is 0 Å². The van der Waals surface area contributed by atoms with E-state index in [0.717, 1.165) is 5.70 Å². The molecule has 2 aromatic carbocycles. The number of aliphatic imine (C=N–C) groups is 1. The van der Waals surface area contributed by atoms with E-state index in [-0.39, 0.29) is 11.4 Å². The number of allylic oxidation sites excluding steroid dienone is 1. The van der Waals surface area contributed by atoms with Crippen molar-refractivity contribution >= 4 is 17.1 Å². The molecule has 4 rings (SSSR count). The van der Waals surface area contributed by atoms with E-state index in [1.165, 1.54) is 10.6 Å². The molecule has 0 radical (unpaired) electrons. The molecule has 31 heavy (non-hydrogen) atoms. The summed E-state index contributed by atoms with van der Waals surface area (Å²) in [6, 6.07) is 13.8. The first kappa shape index (κ1) is 20.8. The van der Waals surface area contributed by atoms with Crippen molar-refractivity contribution in [2.45, 2.75) is 39.3 Å². The van der Waals surface area contributed by atoms with E-state index < -0.39 is 11.4 Å². The van der Waals surface area contributed by atoms with Crippen molar-refractivity contribution in [1.29, 1.82) is 0 Å². The minimum absolute atomic E-state index is 0.00520. The summed E-state index contributed by atoms with van der Waals surface area (Å²) in [6.45, 7) is 6.86. The van der Waals surface area contributed by atoms with Crippen molar-refractivity contribution in [3.63, 3.8) is 0 Å². The van der Waals surface area contributed by atoms with Crippen molar-refractivity contribution in [2.75, 3.05) is 6.67 Å². The van der Waals surface area contributed by atoms with Crippen LogP contribution in [0.25, 0.3) is 16.6 Å². The average molecular weight is 420 g/mol. The number of aromatic nitrogens is 2. The van der Waals surface area contributed by atoms with Crippen molar-refractivity contribution in [3.05, 3.63) is 82.4 Å². The van der Waals surface area contributed by atoms with E-state index in [1.807, 2.05) is 43.5 Å². The van der Waals surface area contributed by atoms with E-state index in [4.69, 9.17) is 4.98 Å². The summed E-state index contributed by atoms with van der Waals surface area (Å²) in [5.41, 5.74) is 1.43. The lowest BCUT2D eigenvalue weighted by Crippen LogP contribution is -2.35. The second-order valence-corrected chi connectivity index (χ2v) is 7.83. The molecule has 6 nitrogen and oxygen atoms in total. The molecule has 1 aliphatic rings. The topological polar surface area (TPSA) is 62.5 Å². The van der Waals surface area contributed by atoms with Gasteiger partial charge >= 0.3 is 0 Å². The molecule has 1 N–H and O–H groups in total. The van der Waals surface area contributed by atoms with E-state index in [9.17, 15) is 9.18 Å². The molecule has 0 fully saturated rings. The first-order valence-corrected chi connectivity index (χ1v) is 10.5. The molecule has 3 aromatic rings. The molecule has 0 spiro atoms. The molecule has 1 aliphatic heterocycles. The Morgan fingerprint density at radius 3 is 2.61 bits per heavy atom. The summed E-state index contributed by atoms with van der Waals surface area (Å²) < 4.78 is 16.1. The minimum Gasteiger partial charge on any atom is -0.373 e. The van der Waals surface area contributed by atoms with Crippen LogP contribution in [0.2, 0.25) is 0 Å². The van der Waals surface area contributed by atoms with Crippen LogP contribution in [0.15, 0.2) is 70.2 Å². The zero-order valence-corrected chi connectivity index (χ0v) is 17.9. The van der Waals surface area contributed by atoms with Crippen LogP contribution in [0.3, 0.4) is 0 Å². The third-order valence-electron chi connectivity index (χ3n) is 5.39. The summed E-state index contributed by atoms with van der Waals surface area (Å²) in [5.74, 6) is -0.0327. The fourth-order valence-electron chi connectivity index (χ4n) is 3.69. The SMILES string of the molecule is CCC(NC1=CN(C(C)C)CN=C1)c1nc2cccc(F)c2c(=O)n1-c1ccccc1. The monoisotopic (exact) mass is 419 g/mol. The number of hydrogen-bond donors (Lipinski definition) is 1. The third-order valence-corrected chi connectivity index (χ3v) is 5.39. The largest absolute Gasteiger partial charge is 0.373 e. The fourth-order valence-corrected chi connectivity index (χ4v) is 3.69. The van der Waals surface area contributed by atoms with Crippen LogP contribution < -0.4 is 10.9 Å². The van der Waals surface area contributed by atoms with E-state index >= 15 is 0 Å². The summed E-state index contributed by atoms with van der Waals surface area (Å²) in [6.07, 6.45) is 4.51. The maximum absolute atomic E-state index is 14.5. The lowest BCUT2D eigenvalue weighted by Gasteiger charge is -2.29. The number of fused-ring (bicyclic) bond motifs is 1. The first-order valence-electron chi connectivity index (χ1n) is 10.5. The first-order chi connectivity index (χ1) is 15.0. The maximum Gasteiger partial charge on any atom is 0.269 e. The summed E-state index contributed by atoms with van der Waals surface area (Å²) in [7, 11) is 0. The highest BCUT2D eigenvalue weighted by molar-refractivity contribution is 5.79. The molecule has 0 bridgehead atoms. The van der Waals surface area contributed by atoms with Crippen molar-refractivity contribution in [3.8, 4) is 5.69 Å². The predicted molar refractivity (Wildman–Crippen MR) is 122 cm³/mol. The van der Waals surface area contributed by atoms with Gasteiger partial charge in [-0.15, -0.1) is 0 Å². The average Bonchev–Trinajstić information content (AvgIpc) is 2.78. The fraction of sp³-hybridized carbons (Fsp3) is 0.292. The number of hydrogen-bond acceptors (Lipinski definition) is 5. The number of benzene rings is 2. The Labute approximate surface area is 180 Å². The molecular formula is C24H26FN5O. The van der Waals surface area contributed by atoms with E-state index in [2.05, 4.69) is 29.1 Å². The Morgan fingerprint density at radius 1 is 1.13 bits per heavy atom. The number of nitrogens with zero attached hydrogens (tertiary/aromatic N) is 4. The van der Waals surface area contributed by atoms with Gasteiger partial charge in [-0.05, 0) is 44.5 Å². The maximum atomic E-state index is 14.5. The van der Waals surface area contributed by atoms with Gasteiger partial charge in [0.05, 0.1) is 22.9 Å². The quantitative estimate of drug-likeness (QED) is 0.652. The van der Waals surface area contributed by atoms with Crippen LogP contribution in [0.4, 0.5) is 4.39 Å². The van der Waals surface area contributed by atoms with Crippen LogP contribution >= 0.6 is 0 Å². The van der Waals surface area contributed by atoms with Gasteiger partial charge in [0.25, 0.3) is 5.56 Å². The zero-order valence-electron chi connectivity index (χ0n) is 17.9. The summed E-state index contributed by atoms with van der Waals surface area (Å²) in [5, 5.41) is 3.47. The van der Waals surface area contributed by atoms with Gasteiger partial charge < -0.3 is 10.2 Å². The number of para-hydroxylation sites is 1. The Bertz CT molecular complexity index is 1200. The molecular weight excluding hydrogens is 393 g/mol. The van der Waals surface area contributed by atoms with Gasteiger partial charge in [-0.2, -0.15) is 0 Å². The normalized spacial score (nSPS) is 14.7. The van der Waals surface area contributed by atoms with Gasteiger partial charge in [-0.1, -0.05) is 31.2 Å². The Kier molecular flexibility index (Phi) is 5.84. The molecule has 1 atom stereocenters. The van der Waals surface area contributed by atoms with Gasteiger partial charge in [0, 0.05) is 18.5 Å². The highest BCUT2D eigenvalue weighted by Gasteiger charge is 2.22. The molecule has 0 saturated heterocycles. The molecule has 1 aromatic heterocycles. The third kappa shape index (κ3) is 4.08. The summed E-state index contributed by atoms with van der Waals surface area (Å²) >= 11 is 0. The van der Waals surface area contributed by atoms with Crippen molar-refractivity contribution in [2.24, 2.45) is 4.99 Å². The number of nitrogens with one attached hydrogen (secondary N) is 1. The van der Waals surface area contributed by atoms with Crippen LogP contribution in [0, 0.1) is 5.82 Å². The molecule has 0 aliphatic carbocycles. The van der Waals surface area contributed by atoms with Crippen LogP contribution in [-0.2, 0) is 0 Å². The second-order valence-electron chi connectivity index (χ2n) is 7.83. The van der Waals surface area contributed by atoms with Crippen molar-refractivity contribution < 1.29 is 4.39 Å². The molecule has 0 saturated carbocycles. The Morgan fingerprint density at radius 2 is 1.90 bits per heavy atom. The number of halogens is 1. The van der Waals surface area contributed by atoms with Gasteiger partial charge in [0.2, 0.25) is 0 Å². The van der Waals surface area contributed by atoms with Gasteiger partial charge in [-0.25, -0.2) is 9.37 Å². The molecule has 160 valence electrons. The molecule has 2 heterocycles. The lowest BCUT2D eigenvalue weighted by molar-refractivity contribution is 0.313. The highest BCUT2D eigenvalue weighted by Crippen LogP contribution is 2.23. The van der Waals surface area contributed by atoms with E-state index in [1.54, 1.807) is 18.3 Å². The molecule has 0 amide bonds. The zero-order chi connectivity index (χ0) is 22.0. The summed E-state index contributed by atoms with van der Waals surface area (Å²) in [4.78, 5) is 24.7. The van der Waals surface area contributed by atoms with Gasteiger partial charge in [0.1, 0.15) is 23.7 Å². The Balaban J connectivity index is 1.87. The van der Waals surface area contributed by atoms with Gasteiger partial charge in [-0.3, -0.25) is 14.4 Å². The smallest absolute Gasteiger partial charge is 0.269 e. The standard InChI is InChI=1S/C24H26FN5O/c1-4-20(27-17-13-26-15-29(14-17)16(2)3)23-28-21-12-8-11-19(25)22(21)24(31)30(23)18-9-6-5-7-10-18/h5-14,16,20,27H,4,15H2,1-3H3. The van der Waals surface area contributed by atoms with Crippen LogP contribution in [0.5, 0.6) is 0 Å². The van der Waals surface area contributed by atoms with Crippen LogP contribution in [0.1, 0.15) is 39.1 Å². The van der Waals surface area contributed by atoms with Crippen LogP contribution in [-0.4, -0.2) is 33.4 Å². The highest BCUT2D eigenvalue weighted by atomic mass is 19.1. The predicted octanol–water partition coefficient (Wildman–Crippen LogP) is 4.16. The minimum atomic E-state index is -0.568. The van der Waals surface area contributed by atoms with E-state index in [0.29, 0.717) is 36.2 Å². The van der Waals surface area contributed by atoms with Crippen molar-refractivity contribution in [1.82, 2.24) is 19.8 Å². The Hall–Kier alpha value is -3.48. The second kappa shape index (κ2) is 8.71. The number of rotatable bonds is 6. The lowest BCUT2D eigenvalue weighted by atomic mass is 10.1. The molecule has 1 unspecified atom stereocenters.